The molecule has 0 N–H and O–H groups in total. The van der Waals surface area contributed by atoms with E-state index in [2.05, 4.69) is 0 Å². The summed E-state index contributed by atoms with van der Waals surface area (Å²) < 4.78 is 10.9. The van der Waals surface area contributed by atoms with E-state index >= 15 is 0 Å². The van der Waals surface area contributed by atoms with Crippen molar-refractivity contribution in [3.05, 3.63) is 65.0 Å². The second-order valence-electron chi connectivity index (χ2n) is 5.12. The van der Waals surface area contributed by atoms with Gasteiger partial charge in [0.1, 0.15) is 11.5 Å². The molecule has 0 aliphatic carbocycles. The van der Waals surface area contributed by atoms with Gasteiger partial charge in [-0.15, -0.1) is 0 Å². The van der Waals surface area contributed by atoms with Gasteiger partial charge in [0.2, 0.25) is 0 Å². The molecule has 2 heterocycles. The Morgan fingerprint density at radius 3 is 2.67 bits per heavy atom. The van der Waals surface area contributed by atoms with Crippen LogP contribution in [0.3, 0.4) is 0 Å². The van der Waals surface area contributed by atoms with E-state index in [9.17, 15) is 4.79 Å². The number of thiocarbonyl (C=S) groups is 1. The minimum absolute atomic E-state index is 0.123. The fraction of sp³-hybridized carbons (Fsp3) is 0.111. The maximum atomic E-state index is 12.7. The molecule has 1 fully saturated rings. The third-order valence-corrected chi connectivity index (χ3v) is 4.70. The number of furan rings is 1. The number of carbonyl (C=O) groups excluding carboxylic acids is 1. The van der Waals surface area contributed by atoms with Crippen molar-refractivity contribution in [2.45, 2.75) is 6.92 Å². The van der Waals surface area contributed by atoms with Crippen LogP contribution in [-0.4, -0.2) is 17.3 Å². The number of amides is 1. The molecule has 1 amide bonds. The van der Waals surface area contributed by atoms with Crippen LogP contribution in [0.4, 0.5) is 5.69 Å². The zero-order chi connectivity index (χ0) is 17.1. The summed E-state index contributed by atoms with van der Waals surface area (Å²) in [5.74, 6) is 1.36. The molecule has 1 aliphatic heterocycles. The van der Waals surface area contributed by atoms with Gasteiger partial charge in [0.25, 0.3) is 5.91 Å². The number of carbonyl (C=O) groups is 1. The predicted molar refractivity (Wildman–Crippen MR) is 101 cm³/mol. The maximum Gasteiger partial charge on any atom is 0.270 e. The predicted octanol–water partition coefficient (Wildman–Crippen LogP) is 4.64. The minimum atomic E-state index is -0.123. The van der Waals surface area contributed by atoms with Gasteiger partial charge in [0, 0.05) is 0 Å². The average Bonchev–Trinajstić information content (AvgIpc) is 3.16. The topological polar surface area (TPSA) is 42.7 Å². The summed E-state index contributed by atoms with van der Waals surface area (Å²) in [5, 5.41) is 0. The second kappa shape index (κ2) is 7.07. The van der Waals surface area contributed by atoms with Gasteiger partial charge in [-0.05, 0) is 61.0 Å². The van der Waals surface area contributed by atoms with Gasteiger partial charge in [0.05, 0.1) is 24.0 Å². The third kappa shape index (κ3) is 3.44. The summed E-state index contributed by atoms with van der Waals surface area (Å²) in [6.45, 7) is 1.92. The molecule has 0 spiro atoms. The van der Waals surface area contributed by atoms with Crippen molar-refractivity contribution in [3.63, 3.8) is 0 Å². The number of allylic oxidation sites excluding steroid dienone is 2. The van der Waals surface area contributed by atoms with E-state index in [1.165, 1.54) is 16.7 Å². The highest BCUT2D eigenvalue weighted by atomic mass is 32.2. The first-order valence-corrected chi connectivity index (χ1v) is 8.45. The van der Waals surface area contributed by atoms with E-state index in [1.54, 1.807) is 25.5 Å². The minimum Gasteiger partial charge on any atom is -0.497 e. The summed E-state index contributed by atoms with van der Waals surface area (Å²) in [6.07, 6.45) is 5.31. The largest absolute Gasteiger partial charge is 0.497 e. The highest BCUT2D eigenvalue weighted by molar-refractivity contribution is 8.27. The Kier molecular flexibility index (Phi) is 4.87. The second-order valence-corrected chi connectivity index (χ2v) is 6.79. The molecule has 1 aromatic carbocycles. The Labute approximate surface area is 149 Å². The first-order valence-electron chi connectivity index (χ1n) is 7.22. The number of hydrogen-bond acceptors (Lipinski definition) is 5. The molecular weight excluding hydrogens is 342 g/mol. The van der Waals surface area contributed by atoms with Gasteiger partial charge < -0.3 is 9.15 Å². The van der Waals surface area contributed by atoms with Crippen molar-refractivity contribution in [1.29, 1.82) is 0 Å². The molecule has 0 bridgehead atoms. The molecule has 1 aliphatic rings. The summed E-state index contributed by atoms with van der Waals surface area (Å²) >= 11 is 6.66. The van der Waals surface area contributed by atoms with Crippen molar-refractivity contribution in [3.8, 4) is 5.75 Å². The fourth-order valence-corrected chi connectivity index (χ4v) is 3.62. The van der Waals surface area contributed by atoms with Crippen molar-refractivity contribution < 1.29 is 13.9 Å². The van der Waals surface area contributed by atoms with Crippen molar-refractivity contribution in [1.82, 2.24) is 0 Å². The fourth-order valence-electron chi connectivity index (χ4n) is 2.27. The van der Waals surface area contributed by atoms with Crippen molar-refractivity contribution in [2.75, 3.05) is 12.0 Å². The van der Waals surface area contributed by atoms with Gasteiger partial charge in [-0.25, -0.2) is 0 Å². The Morgan fingerprint density at radius 1 is 1.29 bits per heavy atom. The van der Waals surface area contributed by atoms with Crippen LogP contribution in [0.5, 0.6) is 5.75 Å². The van der Waals surface area contributed by atoms with Crippen molar-refractivity contribution in [2.24, 2.45) is 0 Å². The number of hydrogen-bond donors (Lipinski definition) is 0. The Morgan fingerprint density at radius 2 is 2.04 bits per heavy atom. The number of anilines is 1. The zero-order valence-corrected chi connectivity index (χ0v) is 14.8. The van der Waals surface area contributed by atoms with Gasteiger partial charge >= 0.3 is 0 Å². The smallest absolute Gasteiger partial charge is 0.270 e. The molecule has 1 saturated heterocycles. The Balaban J connectivity index is 1.84. The molecule has 0 unspecified atom stereocenters. The summed E-state index contributed by atoms with van der Waals surface area (Å²) in [7, 11) is 1.60. The van der Waals surface area contributed by atoms with E-state index in [4.69, 9.17) is 21.4 Å². The molecule has 24 heavy (non-hydrogen) atoms. The van der Waals surface area contributed by atoms with E-state index in [1.807, 2.05) is 43.3 Å². The lowest BCUT2D eigenvalue weighted by atomic mass is 10.2. The van der Waals surface area contributed by atoms with Crippen LogP contribution < -0.4 is 9.64 Å². The van der Waals surface area contributed by atoms with Gasteiger partial charge in [-0.3, -0.25) is 9.69 Å². The van der Waals surface area contributed by atoms with E-state index in [-0.39, 0.29) is 5.91 Å². The number of thioether (sulfide) groups is 1. The molecule has 3 rings (SSSR count). The standard InChI is InChI=1S/C18H15NO3S2/c1-12(10-15-4-3-9-22-15)11-16-17(20)19(18(23)24-16)13-5-7-14(21-2)8-6-13/h3-11H,1-2H3/b12-10-,16-11+. The molecule has 1 aromatic heterocycles. The number of rotatable bonds is 4. The monoisotopic (exact) mass is 357 g/mol. The molecule has 0 saturated carbocycles. The van der Waals surface area contributed by atoms with Gasteiger partial charge in [-0.1, -0.05) is 24.0 Å². The van der Waals surface area contributed by atoms with Crippen LogP contribution >= 0.6 is 24.0 Å². The number of benzene rings is 1. The quantitative estimate of drug-likeness (QED) is 0.589. The van der Waals surface area contributed by atoms with Crippen LogP contribution in [0, 0.1) is 0 Å². The molecule has 4 nitrogen and oxygen atoms in total. The van der Waals surface area contributed by atoms with Crippen LogP contribution in [0.15, 0.2) is 63.6 Å². The molecular formula is C18H15NO3S2. The number of methoxy groups -OCH3 is 1. The van der Waals surface area contributed by atoms with Crippen LogP contribution in [-0.2, 0) is 4.79 Å². The van der Waals surface area contributed by atoms with Crippen LogP contribution in [0.2, 0.25) is 0 Å². The normalized spacial score (nSPS) is 17.0. The number of nitrogens with zero attached hydrogens (tertiary/aromatic N) is 1. The Hall–Kier alpha value is -2.31. The van der Waals surface area contributed by atoms with Gasteiger partial charge in [0.15, 0.2) is 4.32 Å². The summed E-state index contributed by atoms with van der Waals surface area (Å²) in [4.78, 5) is 14.8. The number of ether oxygens (including phenoxy) is 1. The maximum absolute atomic E-state index is 12.7. The van der Waals surface area contributed by atoms with Gasteiger partial charge in [-0.2, -0.15) is 0 Å². The van der Waals surface area contributed by atoms with E-state index in [0.717, 1.165) is 22.8 Å². The molecule has 0 atom stereocenters. The molecule has 122 valence electrons. The summed E-state index contributed by atoms with van der Waals surface area (Å²) in [5.41, 5.74) is 1.65. The molecule has 6 heteroatoms. The van der Waals surface area contributed by atoms with E-state index in [0.29, 0.717) is 9.23 Å². The lowest BCUT2D eigenvalue weighted by Crippen LogP contribution is -2.27. The highest BCUT2D eigenvalue weighted by Crippen LogP contribution is 2.36. The first-order chi connectivity index (χ1) is 11.6. The Bertz CT molecular complexity index is 820. The van der Waals surface area contributed by atoms with Crippen LogP contribution in [0.25, 0.3) is 6.08 Å². The summed E-state index contributed by atoms with van der Waals surface area (Å²) in [6, 6.07) is 10.9. The molecule has 0 radical (unpaired) electrons. The lowest BCUT2D eigenvalue weighted by Gasteiger charge is -2.14. The van der Waals surface area contributed by atoms with E-state index < -0.39 is 0 Å². The SMILES string of the molecule is COc1ccc(N2C(=O)/C(=C\C(C)=C/c3ccco3)SC2=S)cc1. The highest BCUT2D eigenvalue weighted by Gasteiger charge is 2.33. The third-order valence-electron chi connectivity index (χ3n) is 3.40. The zero-order valence-electron chi connectivity index (χ0n) is 13.2. The lowest BCUT2D eigenvalue weighted by molar-refractivity contribution is -0.113. The molecule has 2 aromatic rings. The average molecular weight is 357 g/mol. The van der Waals surface area contributed by atoms with Crippen LogP contribution in [0.1, 0.15) is 12.7 Å². The van der Waals surface area contributed by atoms with Crippen molar-refractivity contribution >= 4 is 46.0 Å². The first kappa shape index (κ1) is 16.5.